The van der Waals surface area contributed by atoms with Crippen LogP contribution in [0.2, 0.25) is 0 Å². The number of hydrogen-bond donors (Lipinski definition) is 0. The summed E-state index contributed by atoms with van der Waals surface area (Å²) in [6.07, 6.45) is -18.2. The molecule has 0 aromatic rings. The summed E-state index contributed by atoms with van der Waals surface area (Å²) in [7, 11) is 0. The van der Waals surface area contributed by atoms with Crippen LogP contribution in [-0.4, -0.2) is 31.0 Å². The van der Waals surface area contributed by atoms with Gasteiger partial charge in [-0.05, 0) is 0 Å². The molecule has 0 unspecified atom stereocenters. The van der Waals surface area contributed by atoms with Gasteiger partial charge in [-0.3, -0.25) is 0 Å². The van der Waals surface area contributed by atoms with Crippen molar-refractivity contribution in [3.05, 3.63) is 11.7 Å². The first-order valence-electron chi connectivity index (χ1n) is 4.11. The molecule has 13 heteroatoms. The van der Waals surface area contributed by atoms with E-state index in [2.05, 4.69) is 4.74 Å². The van der Waals surface area contributed by atoms with Gasteiger partial charge in [0.05, 0.1) is 0 Å². The zero-order valence-corrected chi connectivity index (χ0v) is 8.65. The molecule has 0 aromatic carbocycles. The van der Waals surface area contributed by atoms with Crippen molar-refractivity contribution in [1.29, 1.82) is 0 Å². The SMILES string of the molecule is FC(=C(F)C(F)(F)C(F)(F)F)C(F)(F)OCC(F)(F)F. The van der Waals surface area contributed by atoms with E-state index in [9.17, 15) is 52.7 Å². The Kier molecular flexibility index (Phi) is 5.03. The van der Waals surface area contributed by atoms with Crippen LogP contribution in [-0.2, 0) is 4.74 Å². The largest absolute Gasteiger partial charge is 0.460 e. The zero-order valence-electron chi connectivity index (χ0n) is 8.65. The molecular formula is C7H2F12O. The minimum atomic E-state index is -6.77. The fraction of sp³-hybridized carbons (Fsp3) is 0.714. The Morgan fingerprint density at radius 3 is 1.40 bits per heavy atom. The lowest BCUT2D eigenvalue weighted by molar-refractivity contribution is -0.287. The Morgan fingerprint density at radius 2 is 1.10 bits per heavy atom. The molecule has 0 bridgehead atoms. The Bertz CT molecular complexity index is 374. The molecule has 0 aromatic heterocycles. The third kappa shape index (κ3) is 4.45. The van der Waals surface area contributed by atoms with Gasteiger partial charge in [0, 0.05) is 0 Å². The third-order valence-corrected chi connectivity index (χ3v) is 1.50. The van der Waals surface area contributed by atoms with E-state index in [1.807, 2.05) is 0 Å². The summed E-state index contributed by atoms with van der Waals surface area (Å²) in [6.45, 7) is -2.90. The number of halogens is 12. The highest BCUT2D eigenvalue weighted by Crippen LogP contribution is 2.45. The summed E-state index contributed by atoms with van der Waals surface area (Å²) in [4.78, 5) is 0. The van der Waals surface area contributed by atoms with Crippen molar-refractivity contribution in [3.8, 4) is 0 Å². The van der Waals surface area contributed by atoms with Crippen molar-refractivity contribution in [2.24, 2.45) is 0 Å². The van der Waals surface area contributed by atoms with Crippen molar-refractivity contribution in [2.45, 2.75) is 24.4 Å². The first-order valence-corrected chi connectivity index (χ1v) is 4.11. The molecule has 20 heavy (non-hydrogen) atoms. The van der Waals surface area contributed by atoms with Gasteiger partial charge in [-0.25, -0.2) is 4.39 Å². The van der Waals surface area contributed by atoms with Crippen LogP contribution in [0.4, 0.5) is 52.7 Å². The predicted molar refractivity (Wildman–Crippen MR) is 37.2 cm³/mol. The van der Waals surface area contributed by atoms with Crippen LogP contribution in [0.5, 0.6) is 0 Å². The molecule has 0 atom stereocenters. The van der Waals surface area contributed by atoms with Crippen LogP contribution < -0.4 is 0 Å². The van der Waals surface area contributed by atoms with E-state index >= 15 is 0 Å². The zero-order chi connectivity index (χ0) is 16.6. The normalized spacial score (nSPS) is 16.2. The molecular weight excluding hydrogens is 328 g/mol. The van der Waals surface area contributed by atoms with Crippen LogP contribution >= 0.6 is 0 Å². The summed E-state index contributed by atoms with van der Waals surface area (Å²) in [5.41, 5.74) is 0. The maximum atomic E-state index is 12.5. The van der Waals surface area contributed by atoms with Crippen molar-refractivity contribution < 1.29 is 57.4 Å². The van der Waals surface area contributed by atoms with Gasteiger partial charge in [-0.15, -0.1) is 0 Å². The number of allylic oxidation sites excluding steroid dienone is 1. The molecule has 0 fully saturated rings. The van der Waals surface area contributed by atoms with Crippen LogP contribution in [0.25, 0.3) is 0 Å². The molecule has 0 saturated heterocycles. The van der Waals surface area contributed by atoms with Crippen LogP contribution in [0.3, 0.4) is 0 Å². The molecule has 0 N–H and O–H groups in total. The highest BCUT2D eigenvalue weighted by Gasteiger charge is 2.64. The summed E-state index contributed by atoms with van der Waals surface area (Å²) < 4.78 is 145. The van der Waals surface area contributed by atoms with Gasteiger partial charge in [0.25, 0.3) is 0 Å². The van der Waals surface area contributed by atoms with Gasteiger partial charge >= 0.3 is 24.4 Å². The summed E-state index contributed by atoms with van der Waals surface area (Å²) in [5, 5.41) is 0. The molecule has 0 amide bonds. The van der Waals surface area contributed by atoms with E-state index in [1.165, 1.54) is 0 Å². The van der Waals surface area contributed by atoms with Gasteiger partial charge in [0.2, 0.25) is 11.7 Å². The average molecular weight is 330 g/mol. The van der Waals surface area contributed by atoms with Gasteiger partial charge in [-0.1, -0.05) is 0 Å². The third-order valence-electron chi connectivity index (χ3n) is 1.50. The van der Waals surface area contributed by atoms with E-state index < -0.39 is 42.6 Å². The van der Waals surface area contributed by atoms with Crippen molar-refractivity contribution in [1.82, 2.24) is 0 Å². The summed E-state index contributed by atoms with van der Waals surface area (Å²) in [6, 6.07) is 0. The predicted octanol–water partition coefficient (Wildman–Crippen LogP) is 4.51. The highest BCUT2D eigenvalue weighted by atomic mass is 19.4. The topological polar surface area (TPSA) is 9.23 Å². The molecule has 0 spiro atoms. The second-order valence-corrected chi connectivity index (χ2v) is 3.12. The maximum Gasteiger partial charge on any atom is 0.460 e. The Morgan fingerprint density at radius 1 is 0.700 bits per heavy atom. The molecule has 0 rings (SSSR count). The number of rotatable bonds is 4. The van der Waals surface area contributed by atoms with Crippen molar-refractivity contribution in [3.63, 3.8) is 0 Å². The number of hydrogen-bond acceptors (Lipinski definition) is 1. The summed E-state index contributed by atoms with van der Waals surface area (Å²) in [5.74, 6) is -15.1. The van der Waals surface area contributed by atoms with E-state index in [0.717, 1.165) is 0 Å². The monoisotopic (exact) mass is 330 g/mol. The minimum Gasteiger partial charge on any atom is -0.305 e. The molecule has 0 aliphatic heterocycles. The van der Waals surface area contributed by atoms with E-state index in [0.29, 0.717) is 0 Å². The van der Waals surface area contributed by atoms with Gasteiger partial charge in [0.15, 0.2) is 0 Å². The standard InChI is InChI=1S/C7H2F12O/c8-2(5(13,14)7(17,18)19)3(9)6(15,16)20-1-4(10,11)12/h1H2. The number of ether oxygens (including phenoxy) is 1. The van der Waals surface area contributed by atoms with Crippen molar-refractivity contribution >= 4 is 0 Å². The average Bonchev–Trinajstić information content (AvgIpc) is 2.22. The van der Waals surface area contributed by atoms with Gasteiger partial charge in [0.1, 0.15) is 6.61 Å². The molecule has 1 nitrogen and oxygen atoms in total. The lowest BCUT2D eigenvalue weighted by Crippen LogP contribution is -2.39. The lowest BCUT2D eigenvalue weighted by Gasteiger charge is -2.21. The Labute approximate surface area is 101 Å². The summed E-state index contributed by atoms with van der Waals surface area (Å²) >= 11 is 0. The molecule has 0 aliphatic rings. The number of alkyl halides is 10. The van der Waals surface area contributed by atoms with E-state index in [1.54, 1.807) is 0 Å². The van der Waals surface area contributed by atoms with Gasteiger partial charge in [-0.2, -0.15) is 48.3 Å². The van der Waals surface area contributed by atoms with Crippen LogP contribution in [0, 0.1) is 0 Å². The Hall–Kier alpha value is -1.14. The first-order chi connectivity index (χ1) is 8.52. The maximum absolute atomic E-state index is 12.5. The van der Waals surface area contributed by atoms with Crippen LogP contribution in [0.1, 0.15) is 0 Å². The van der Waals surface area contributed by atoms with E-state index in [4.69, 9.17) is 0 Å². The quantitative estimate of drug-likeness (QED) is 0.690. The molecule has 0 heterocycles. The van der Waals surface area contributed by atoms with Crippen LogP contribution in [0.15, 0.2) is 11.7 Å². The second-order valence-electron chi connectivity index (χ2n) is 3.12. The minimum absolute atomic E-state index is 2.45. The smallest absolute Gasteiger partial charge is 0.305 e. The fourth-order valence-electron chi connectivity index (χ4n) is 0.626. The van der Waals surface area contributed by atoms with E-state index in [-0.39, 0.29) is 0 Å². The highest BCUT2D eigenvalue weighted by molar-refractivity contribution is 5.16. The lowest BCUT2D eigenvalue weighted by atomic mass is 10.2. The first kappa shape index (κ1) is 18.9. The fourth-order valence-corrected chi connectivity index (χ4v) is 0.626. The molecule has 0 saturated carbocycles. The van der Waals surface area contributed by atoms with Crippen molar-refractivity contribution in [2.75, 3.05) is 6.61 Å². The molecule has 0 aliphatic carbocycles. The second kappa shape index (κ2) is 5.33. The molecule has 120 valence electrons. The van der Waals surface area contributed by atoms with Gasteiger partial charge < -0.3 is 4.74 Å². The Balaban J connectivity index is 5.38. The molecule has 0 radical (unpaired) electrons.